The molecule has 0 aliphatic heterocycles. The molecule has 0 aromatic carbocycles. The van der Waals surface area contributed by atoms with Gasteiger partial charge in [-0.25, -0.2) is 0 Å². The molecule has 0 aliphatic carbocycles. The molecule has 6 heavy (non-hydrogen) atoms. The summed E-state index contributed by atoms with van der Waals surface area (Å²) in [4.78, 5) is 0. The van der Waals surface area contributed by atoms with E-state index in [1.165, 1.54) is 0 Å². The van der Waals surface area contributed by atoms with Crippen LogP contribution in [0.5, 0.6) is 0 Å². The third-order valence-corrected chi connectivity index (χ3v) is 0.537. The van der Waals surface area contributed by atoms with E-state index in [-0.39, 0.29) is 12.6 Å². The molecule has 1 atom stereocenters. The predicted octanol–water partition coefficient (Wildman–Crippen LogP) is -1.74. The maximum atomic E-state index is 8.13. The van der Waals surface area contributed by atoms with E-state index in [1.54, 1.807) is 0 Å². The number of rotatable bonds is 2. The second kappa shape index (κ2) is 3.08. The molecule has 0 unspecified atom stereocenters. The Morgan fingerprint density at radius 1 is 1.67 bits per heavy atom. The lowest BCUT2D eigenvalue weighted by atomic mass is 10.3. The third kappa shape index (κ3) is 2.14. The highest BCUT2D eigenvalue weighted by atomic mass is 16.3. The van der Waals surface area contributed by atoms with Crippen molar-refractivity contribution < 1.29 is 5.11 Å². The first kappa shape index (κ1) is 5.88. The Kier molecular flexibility index (Phi) is 3.02. The van der Waals surface area contributed by atoms with Gasteiger partial charge in [-0.15, -0.1) is 0 Å². The Bertz CT molecular complexity index is 28.0. The fourth-order valence-corrected chi connectivity index (χ4v) is 0.0745. The van der Waals surface area contributed by atoms with Crippen LogP contribution in [0.4, 0.5) is 0 Å². The summed E-state index contributed by atoms with van der Waals surface area (Å²) in [6.45, 7) is 0.340. The van der Waals surface area contributed by atoms with E-state index >= 15 is 0 Å². The van der Waals surface area contributed by atoms with Crippen LogP contribution in [0.15, 0.2) is 0 Å². The molecule has 0 aliphatic rings. The van der Waals surface area contributed by atoms with Gasteiger partial charge in [-0.2, -0.15) is 0 Å². The van der Waals surface area contributed by atoms with Crippen LogP contribution in [0, 0.1) is 0 Å². The minimum atomic E-state index is -0.231. The summed E-state index contributed by atoms with van der Waals surface area (Å²) in [7, 11) is 0. The first-order chi connectivity index (χ1) is 2.81. The molecule has 5 N–H and O–H groups in total. The van der Waals surface area contributed by atoms with Gasteiger partial charge in [-0.1, -0.05) is 0 Å². The van der Waals surface area contributed by atoms with Gasteiger partial charge in [-0.05, 0) is 0 Å². The summed E-state index contributed by atoms with van der Waals surface area (Å²) < 4.78 is 0. The van der Waals surface area contributed by atoms with Gasteiger partial charge < -0.3 is 16.6 Å². The highest BCUT2D eigenvalue weighted by Crippen LogP contribution is 1.63. The maximum absolute atomic E-state index is 8.13. The zero-order valence-corrected chi connectivity index (χ0v) is 3.59. The zero-order chi connectivity index (χ0) is 4.99. The Balaban J connectivity index is 2.75. The Morgan fingerprint density at radius 3 is 2.17 bits per heavy atom. The van der Waals surface area contributed by atoms with Crippen LogP contribution in [0.2, 0.25) is 0 Å². The van der Waals surface area contributed by atoms with Crippen molar-refractivity contribution in [1.82, 2.24) is 0 Å². The van der Waals surface area contributed by atoms with Crippen molar-refractivity contribution in [3.05, 3.63) is 0 Å². The monoisotopic (exact) mass is 90.1 g/mol. The van der Waals surface area contributed by atoms with E-state index in [0.717, 1.165) is 0 Å². The average Bonchev–Trinajstić information content (AvgIpc) is 1.65. The second-order valence-electron chi connectivity index (χ2n) is 1.18. The summed E-state index contributed by atoms with van der Waals surface area (Å²) in [6.07, 6.45) is 0. The van der Waals surface area contributed by atoms with Gasteiger partial charge in [0.25, 0.3) is 0 Å². The largest absolute Gasteiger partial charge is 0.395 e. The molecule has 38 valence electrons. The van der Waals surface area contributed by atoms with Crippen LogP contribution in [-0.4, -0.2) is 24.3 Å². The van der Waals surface area contributed by atoms with Crippen molar-refractivity contribution in [1.29, 1.82) is 0 Å². The molecule has 3 nitrogen and oxygen atoms in total. The van der Waals surface area contributed by atoms with Crippen molar-refractivity contribution in [3.63, 3.8) is 0 Å². The van der Waals surface area contributed by atoms with Gasteiger partial charge in [0.1, 0.15) is 0 Å². The van der Waals surface area contributed by atoms with Crippen LogP contribution in [0.3, 0.4) is 0 Å². The van der Waals surface area contributed by atoms with E-state index in [0.29, 0.717) is 6.54 Å². The molecule has 0 heterocycles. The molecule has 0 aromatic heterocycles. The van der Waals surface area contributed by atoms with Crippen molar-refractivity contribution in [2.75, 3.05) is 13.2 Å². The number of aliphatic hydroxyl groups is 1. The molecular formula is C3H10N2O. The molecule has 3 heteroatoms. The van der Waals surface area contributed by atoms with Crippen LogP contribution in [-0.2, 0) is 0 Å². The molecule has 0 amide bonds. The van der Waals surface area contributed by atoms with Crippen molar-refractivity contribution in [2.45, 2.75) is 6.04 Å². The molecule has 0 rings (SSSR count). The molecule has 0 radical (unpaired) electrons. The minimum Gasteiger partial charge on any atom is -0.395 e. The summed E-state index contributed by atoms with van der Waals surface area (Å²) in [5, 5.41) is 8.13. The van der Waals surface area contributed by atoms with Gasteiger partial charge in [0, 0.05) is 12.6 Å². The second-order valence-corrected chi connectivity index (χ2v) is 1.18. The molecular weight excluding hydrogens is 80.0 g/mol. The molecule has 0 saturated carbocycles. The van der Waals surface area contributed by atoms with Crippen molar-refractivity contribution >= 4 is 0 Å². The standard InChI is InChI=1S/C3H10N2O/c4-1-3(5)2-6/h3,6H,1-2,4-5H2/t3-/m0/s1. The van der Waals surface area contributed by atoms with E-state index in [2.05, 4.69) is 0 Å². The normalized spacial score (nSPS) is 14.5. The summed E-state index contributed by atoms with van der Waals surface area (Å²) in [6, 6.07) is -0.231. The summed E-state index contributed by atoms with van der Waals surface area (Å²) >= 11 is 0. The van der Waals surface area contributed by atoms with Gasteiger partial charge in [0.15, 0.2) is 0 Å². The first-order valence-corrected chi connectivity index (χ1v) is 1.87. The maximum Gasteiger partial charge on any atom is 0.0594 e. The number of nitrogens with two attached hydrogens (primary N) is 2. The molecule has 0 saturated heterocycles. The topological polar surface area (TPSA) is 72.3 Å². The number of hydrogen-bond acceptors (Lipinski definition) is 3. The lowest BCUT2D eigenvalue weighted by Crippen LogP contribution is -2.32. The molecule has 0 bridgehead atoms. The first-order valence-electron chi connectivity index (χ1n) is 1.87. The molecule has 0 aromatic rings. The Hall–Kier alpha value is -0.120. The fraction of sp³-hybridized carbons (Fsp3) is 1.00. The lowest BCUT2D eigenvalue weighted by Gasteiger charge is -1.99. The van der Waals surface area contributed by atoms with E-state index in [1.807, 2.05) is 0 Å². The average molecular weight is 90.1 g/mol. The van der Waals surface area contributed by atoms with E-state index in [9.17, 15) is 0 Å². The van der Waals surface area contributed by atoms with E-state index < -0.39 is 0 Å². The predicted molar refractivity (Wildman–Crippen MR) is 24.1 cm³/mol. The van der Waals surface area contributed by atoms with Gasteiger partial charge in [-0.3, -0.25) is 0 Å². The SMILES string of the molecule is NC[C@H](N)CO. The Morgan fingerprint density at radius 2 is 2.17 bits per heavy atom. The third-order valence-electron chi connectivity index (χ3n) is 0.537. The minimum absolute atomic E-state index is 0.0174. The molecule has 0 fully saturated rings. The van der Waals surface area contributed by atoms with Crippen molar-refractivity contribution in [3.8, 4) is 0 Å². The van der Waals surface area contributed by atoms with Crippen LogP contribution < -0.4 is 11.5 Å². The smallest absolute Gasteiger partial charge is 0.0594 e. The van der Waals surface area contributed by atoms with Gasteiger partial charge in [0.05, 0.1) is 6.61 Å². The number of hydrogen-bond donors (Lipinski definition) is 3. The zero-order valence-electron chi connectivity index (χ0n) is 3.59. The highest BCUT2D eigenvalue weighted by Gasteiger charge is 1.90. The van der Waals surface area contributed by atoms with Gasteiger partial charge in [0.2, 0.25) is 0 Å². The molecule has 0 spiro atoms. The quantitative estimate of drug-likeness (QED) is 0.377. The van der Waals surface area contributed by atoms with Gasteiger partial charge >= 0.3 is 0 Å². The van der Waals surface area contributed by atoms with Crippen LogP contribution in [0.1, 0.15) is 0 Å². The summed E-state index contributed by atoms with van der Waals surface area (Å²) in [5.41, 5.74) is 10.1. The highest BCUT2D eigenvalue weighted by molar-refractivity contribution is 4.56. The van der Waals surface area contributed by atoms with E-state index in [4.69, 9.17) is 16.6 Å². The lowest BCUT2D eigenvalue weighted by molar-refractivity contribution is 0.268. The van der Waals surface area contributed by atoms with Crippen LogP contribution in [0.25, 0.3) is 0 Å². The summed E-state index contributed by atoms with van der Waals surface area (Å²) in [5.74, 6) is 0. The Labute approximate surface area is 36.9 Å². The number of aliphatic hydroxyl groups excluding tert-OH is 1. The fourth-order valence-electron chi connectivity index (χ4n) is 0.0745. The van der Waals surface area contributed by atoms with Crippen molar-refractivity contribution in [2.24, 2.45) is 11.5 Å². The van der Waals surface area contributed by atoms with Crippen LogP contribution >= 0.6 is 0 Å².